The first kappa shape index (κ1) is 20.8. The zero-order chi connectivity index (χ0) is 22.1. The number of nitrogens with zero attached hydrogens (tertiary/aromatic N) is 5. The Bertz CT molecular complexity index is 1200. The maximum Gasteiger partial charge on any atom is 0.350 e. The summed E-state index contributed by atoms with van der Waals surface area (Å²) in [4.78, 5) is 38.0. The Balaban J connectivity index is 1.64. The van der Waals surface area contributed by atoms with Gasteiger partial charge < -0.3 is 4.90 Å². The number of nitro groups is 1. The van der Waals surface area contributed by atoms with Gasteiger partial charge in [0.2, 0.25) is 0 Å². The third kappa shape index (κ3) is 3.96. The van der Waals surface area contributed by atoms with Crippen LogP contribution in [-0.2, 0) is 7.05 Å². The molecule has 1 aliphatic rings. The number of aryl methyl sites for hydroxylation is 1. The summed E-state index contributed by atoms with van der Waals surface area (Å²) in [5.74, 6) is 0.140. The van der Waals surface area contributed by atoms with Gasteiger partial charge in [0.15, 0.2) is 0 Å². The van der Waals surface area contributed by atoms with E-state index in [0.29, 0.717) is 24.6 Å². The fourth-order valence-electron chi connectivity index (χ4n) is 3.91. The topological polar surface area (TPSA) is 103 Å². The number of nitro benzene ring substituents is 1. The van der Waals surface area contributed by atoms with Crippen molar-refractivity contribution in [3.05, 3.63) is 85.5 Å². The van der Waals surface area contributed by atoms with Gasteiger partial charge >= 0.3 is 5.69 Å². The van der Waals surface area contributed by atoms with Crippen LogP contribution in [0.25, 0.3) is 5.69 Å². The van der Waals surface area contributed by atoms with E-state index < -0.39 is 4.92 Å². The van der Waals surface area contributed by atoms with E-state index in [1.807, 2.05) is 30.3 Å². The maximum atomic E-state index is 13.1. The number of carbonyl (C=O) groups is 1. The maximum absolute atomic E-state index is 13.1. The van der Waals surface area contributed by atoms with Crippen LogP contribution in [0.4, 0.5) is 5.69 Å². The predicted octanol–water partition coefficient (Wildman–Crippen LogP) is 3.15. The van der Waals surface area contributed by atoms with Crippen LogP contribution in [0.3, 0.4) is 0 Å². The SMILES string of the molecule is Cn1nc(C2CCCN(C(=O)c3ccc(Cl)c([N+](=O)[O-])c3)C2)n(-c2ccccc2)c1=O. The minimum absolute atomic E-state index is 0.0153. The highest BCUT2D eigenvalue weighted by molar-refractivity contribution is 6.32. The number of rotatable bonds is 4. The number of benzene rings is 2. The van der Waals surface area contributed by atoms with Gasteiger partial charge in [-0.15, -0.1) is 0 Å². The quantitative estimate of drug-likeness (QED) is 0.457. The average molecular weight is 442 g/mol. The second-order valence-electron chi connectivity index (χ2n) is 7.45. The van der Waals surface area contributed by atoms with E-state index in [4.69, 9.17) is 11.6 Å². The summed E-state index contributed by atoms with van der Waals surface area (Å²) in [6.45, 7) is 0.882. The van der Waals surface area contributed by atoms with E-state index in [-0.39, 0.29) is 33.8 Å². The molecule has 1 unspecified atom stereocenters. The van der Waals surface area contributed by atoms with E-state index in [9.17, 15) is 19.7 Å². The van der Waals surface area contributed by atoms with Gasteiger partial charge in [0.25, 0.3) is 11.6 Å². The van der Waals surface area contributed by atoms with Crippen molar-refractivity contribution >= 4 is 23.2 Å². The smallest absolute Gasteiger partial charge is 0.338 e. The van der Waals surface area contributed by atoms with Crippen LogP contribution in [0.5, 0.6) is 0 Å². The first-order chi connectivity index (χ1) is 14.9. The summed E-state index contributed by atoms with van der Waals surface area (Å²) >= 11 is 5.87. The molecule has 1 fully saturated rings. The van der Waals surface area contributed by atoms with Crippen molar-refractivity contribution in [3.8, 4) is 5.69 Å². The standard InChI is InChI=1S/C21H20ClN5O4/c1-24-21(29)26(16-7-3-2-4-8-16)19(23-24)15-6-5-11-25(13-15)20(28)14-9-10-17(22)18(12-14)27(30)31/h2-4,7-10,12,15H,5-6,11,13H2,1H3. The molecular weight excluding hydrogens is 422 g/mol. The monoisotopic (exact) mass is 441 g/mol. The van der Waals surface area contributed by atoms with Crippen molar-refractivity contribution in [2.75, 3.05) is 13.1 Å². The predicted molar refractivity (Wildman–Crippen MR) is 115 cm³/mol. The molecule has 0 radical (unpaired) electrons. The normalized spacial score (nSPS) is 16.3. The number of amides is 1. The van der Waals surface area contributed by atoms with Gasteiger partial charge in [-0.1, -0.05) is 29.8 Å². The lowest BCUT2D eigenvalue weighted by atomic mass is 9.96. The molecule has 2 heterocycles. The molecule has 1 atom stereocenters. The second kappa shape index (κ2) is 8.35. The number of likely N-dealkylation sites (tertiary alicyclic amines) is 1. The minimum atomic E-state index is -0.607. The van der Waals surface area contributed by atoms with Crippen LogP contribution >= 0.6 is 11.6 Å². The molecule has 4 rings (SSSR count). The zero-order valence-corrected chi connectivity index (χ0v) is 17.5. The largest absolute Gasteiger partial charge is 0.350 e. The molecule has 1 aromatic heterocycles. The molecule has 1 aliphatic heterocycles. The lowest BCUT2D eigenvalue weighted by Gasteiger charge is -2.32. The van der Waals surface area contributed by atoms with E-state index in [2.05, 4.69) is 5.10 Å². The number of halogens is 1. The van der Waals surface area contributed by atoms with Crippen molar-refractivity contribution in [1.29, 1.82) is 0 Å². The van der Waals surface area contributed by atoms with Gasteiger partial charge in [0, 0.05) is 37.7 Å². The van der Waals surface area contributed by atoms with Gasteiger partial charge in [-0.3, -0.25) is 14.9 Å². The molecule has 0 saturated carbocycles. The summed E-state index contributed by atoms with van der Waals surface area (Å²) < 4.78 is 2.87. The molecule has 0 aliphatic carbocycles. The molecule has 3 aromatic rings. The molecule has 10 heteroatoms. The van der Waals surface area contributed by atoms with Gasteiger partial charge in [-0.05, 0) is 37.1 Å². The Labute approximate surface area is 182 Å². The Kier molecular flexibility index (Phi) is 5.60. The van der Waals surface area contributed by atoms with Crippen LogP contribution in [0.2, 0.25) is 5.02 Å². The summed E-state index contributed by atoms with van der Waals surface area (Å²) in [6.07, 6.45) is 1.50. The molecule has 0 bridgehead atoms. The summed E-state index contributed by atoms with van der Waals surface area (Å²) in [7, 11) is 1.60. The number of aromatic nitrogens is 3. The molecular formula is C21H20ClN5O4. The molecule has 9 nitrogen and oxygen atoms in total. The van der Waals surface area contributed by atoms with Crippen LogP contribution < -0.4 is 5.69 Å². The van der Waals surface area contributed by atoms with E-state index in [0.717, 1.165) is 12.8 Å². The van der Waals surface area contributed by atoms with Gasteiger partial charge in [-0.25, -0.2) is 14.0 Å². The molecule has 1 saturated heterocycles. The molecule has 2 aromatic carbocycles. The Morgan fingerprint density at radius 3 is 2.68 bits per heavy atom. The first-order valence-corrected chi connectivity index (χ1v) is 10.2. The van der Waals surface area contributed by atoms with Crippen LogP contribution in [-0.4, -0.2) is 43.2 Å². The number of hydrogen-bond acceptors (Lipinski definition) is 5. The van der Waals surface area contributed by atoms with Crippen molar-refractivity contribution < 1.29 is 9.72 Å². The second-order valence-corrected chi connectivity index (χ2v) is 7.86. The highest BCUT2D eigenvalue weighted by Gasteiger charge is 2.31. The molecule has 160 valence electrons. The number of carbonyl (C=O) groups excluding carboxylic acids is 1. The molecule has 0 spiro atoms. The minimum Gasteiger partial charge on any atom is -0.338 e. The lowest BCUT2D eigenvalue weighted by molar-refractivity contribution is -0.384. The van der Waals surface area contributed by atoms with E-state index in [1.165, 1.54) is 22.9 Å². The number of piperidine rings is 1. The number of hydrogen-bond donors (Lipinski definition) is 0. The Hall–Kier alpha value is -3.46. The van der Waals surface area contributed by atoms with Crippen LogP contribution in [0.1, 0.15) is 34.9 Å². The summed E-state index contributed by atoms with van der Waals surface area (Å²) in [6, 6.07) is 13.3. The fraction of sp³-hybridized carbons (Fsp3) is 0.286. The van der Waals surface area contributed by atoms with Gasteiger partial charge in [0.05, 0.1) is 10.6 Å². The van der Waals surface area contributed by atoms with Crippen molar-refractivity contribution in [2.24, 2.45) is 7.05 Å². The molecule has 31 heavy (non-hydrogen) atoms. The fourth-order valence-corrected chi connectivity index (χ4v) is 4.09. The van der Waals surface area contributed by atoms with Crippen molar-refractivity contribution in [2.45, 2.75) is 18.8 Å². The zero-order valence-electron chi connectivity index (χ0n) is 16.8. The van der Waals surface area contributed by atoms with Crippen molar-refractivity contribution in [1.82, 2.24) is 19.2 Å². The van der Waals surface area contributed by atoms with Gasteiger partial charge in [0.1, 0.15) is 10.8 Å². The van der Waals surface area contributed by atoms with E-state index >= 15 is 0 Å². The Morgan fingerprint density at radius 2 is 1.97 bits per heavy atom. The average Bonchev–Trinajstić information content (AvgIpc) is 3.08. The summed E-state index contributed by atoms with van der Waals surface area (Å²) in [5.41, 5.74) is 0.368. The van der Waals surface area contributed by atoms with Gasteiger partial charge in [-0.2, -0.15) is 5.10 Å². The lowest BCUT2D eigenvalue weighted by Crippen LogP contribution is -2.40. The number of para-hydroxylation sites is 1. The summed E-state index contributed by atoms with van der Waals surface area (Å²) in [5, 5.41) is 15.6. The Morgan fingerprint density at radius 1 is 1.23 bits per heavy atom. The highest BCUT2D eigenvalue weighted by Crippen LogP contribution is 2.29. The van der Waals surface area contributed by atoms with E-state index in [1.54, 1.807) is 16.5 Å². The third-order valence-electron chi connectivity index (χ3n) is 5.43. The van der Waals surface area contributed by atoms with Crippen LogP contribution in [0, 0.1) is 10.1 Å². The highest BCUT2D eigenvalue weighted by atomic mass is 35.5. The van der Waals surface area contributed by atoms with Crippen LogP contribution in [0.15, 0.2) is 53.3 Å². The third-order valence-corrected chi connectivity index (χ3v) is 5.75. The molecule has 1 amide bonds. The molecule has 0 N–H and O–H groups in total. The van der Waals surface area contributed by atoms with Crippen molar-refractivity contribution in [3.63, 3.8) is 0 Å². The first-order valence-electron chi connectivity index (χ1n) is 9.81.